The van der Waals surface area contributed by atoms with Gasteiger partial charge in [-0.05, 0) is 24.3 Å². The number of alkyl halides is 2. The monoisotopic (exact) mass is 322 g/mol. The summed E-state index contributed by atoms with van der Waals surface area (Å²) in [5.74, 6) is -2.19. The van der Waals surface area contributed by atoms with E-state index in [1.165, 1.54) is 48.5 Å². The molecule has 0 heterocycles. The third-order valence-electron chi connectivity index (χ3n) is 2.79. The van der Waals surface area contributed by atoms with Crippen LogP contribution < -0.4 is 15.6 Å². The maximum Gasteiger partial charge on any atom is 0.387 e. The zero-order valence-electron chi connectivity index (χ0n) is 11.6. The Morgan fingerprint density at radius 3 is 2.04 bits per heavy atom. The summed E-state index contributed by atoms with van der Waals surface area (Å²) in [5.41, 5.74) is 3.91. The molecule has 2 aromatic rings. The number of carbonyl (C=O) groups is 2. The van der Waals surface area contributed by atoms with Crippen LogP contribution in [0, 0.1) is 0 Å². The second kappa shape index (κ2) is 7.21. The summed E-state index contributed by atoms with van der Waals surface area (Å²) in [7, 11) is 0. The topological polar surface area (TPSA) is 87.7 Å². The van der Waals surface area contributed by atoms with Gasteiger partial charge in [0.25, 0.3) is 11.8 Å². The minimum atomic E-state index is -3.08. The molecule has 0 bridgehead atoms. The van der Waals surface area contributed by atoms with E-state index in [0.717, 1.165) is 0 Å². The summed E-state index contributed by atoms with van der Waals surface area (Å²) >= 11 is 0. The van der Waals surface area contributed by atoms with Gasteiger partial charge in [-0.2, -0.15) is 8.78 Å². The van der Waals surface area contributed by atoms with E-state index in [9.17, 15) is 23.5 Å². The Kier molecular flexibility index (Phi) is 5.08. The lowest BCUT2D eigenvalue weighted by molar-refractivity contribution is -0.0501. The van der Waals surface area contributed by atoms with E-state index in [1.54, 1.807) is 0 Å². The van der Waals surface area contributed by atoms with E-state index in [4.69, 9.17) is 0 Å². The fourth-order valence-electron chi connectivity index (χ4n) is 1.77. The molecule has 0 radical (unpaired) electrons. The van der Waals surface area contributed by atoms with Crippen molar-refractivity contribution in [2.75, 3.05) is 0 Å². The van der Waals surface area contributed by atoms with E-state index < -0.39 is 18.4 Å². The maximum atomic E-state index is 12.3. The van der Waals surface area contributed by atoms with E-state index in [0.29, 0.717) is 0 Å². The Bertz CT molecular complexity index is 722. The second-order valence-electron chi connectivity index (χ2n) is 4.30. The summed E-state index contributed by atoms with van der Waals surface area (Å²) < 4.78 is 28.8. The van der Waals surface area contributed by atoms with E-state index in [-0.39, 0.29) is 22.6 Å². The number of aromatic hydroxyl groups is 1. The van der Waals surface area contributed by atoms with Gasteiger partial charge in [-0.15, -0.1) is 0 Å². The van der Waals surface area contributed by atoms with Crippen LogP contribution in [0.4, 0.5) is 8.78 Å². The summed E-state index contributed by atoms with van der Waals surface area (Å²) in [5, 5.41) is 9.53. The highest BCUT2D eigenvalue weighted by Gasteiger charge is 2.17. The lowest BCUT2D eigenvalue weighted by Gasteiger charge is -2.11. The van der Waals surface area contributed by atoms with Gasteiger partial charge in [0.1, 0.15) is 11.5 Å². The number of hydrogen-bond acceptors (Lipinski definition) is 4. The molecule has 8 heteroatoms. The predicted octanol–water partition coefficient (Wildman–Crippen LogP) is 2.07. The van der Waals surface area contributed by atoms with Crippen molar-refractivity contribution < 1.29 is 28.2 Å². The zero-order chi connectivity index (χ0) is 16.8. The van der Waals surface area contributed by atoms with Gasteiger partial charge in [-0.1, -0.05) is 24.3 Å². The SMILES string of the molecule is O=C(NNC(=O)c1ccccc1OC(F)F)c1ccccc1O. The number of rotatable bonds is 4. The first kappa shape index (κ1) is 16.2. The van der Waals surface area contributed by atoms with Gasteiger partial charge in [0, 0.05) is 0 Å². The van der Waals surface area contributed by atoms with Crippen LogP contribution in [0.3, 0.4) is 0 Å². The number of benzene rings is 2. The summed E-state index contributed by atoms with van der Waals surface area (Å²) in [6.45, 7) is -3.08. The van der Waals surface area contributed by atoms with Gasteiger partial charge in [0.15, 0.2) is 0 Å². The molecule has 0 atom stereocenters. The molecule has 0 aliphatic heterocycles. The van der Waals surface area contributed by atoms with Gasteiger partial charge in [-0.25, -0.2) is 0 Å². The number of nitrogens with one attached hydrogen (secondary N) is 2. The summed E-state index contributed by atoms with van der Waals surface area (Å²) in [6, 6.07) is 11.1. The van der Waals surface area contributed by atoms with Crippen LogP contribution in [0.5, 0.6) is 11.5 Å². The van der Waals surface area contributed by atoms with E-state index >= 15 is 0 Å². The number of amides is 2. The average Bonchev–Trinajstić information content (AvgIpc) is 2.52. The molecule has 120 valence electrons. The van der Waals surface area contributed by atoms with Crippen molar-refractivity contribution in [2.45, 2.75) is 6.61 Å². The van der Waals surface area contributed by atoms with Crippen molar-refractivity contribution >= 4 is 11.8 Å². The third kappa shape index (κ3) is 4.16. The van der Waals surface area contributed by atoms with Crippen molar-refractivity contribution in [3.8, 4) is 11.5 Å². The molecule has 0 aromatic heterocycles. The molecular formula is C15H12F2N2O4. The Hall–Kier alpha value is -3.16. The quantitative estimate of drug-likeness (QED) is 0.752. The van der Waals surface area contributed by atoms with Crippen LogP contribution >= 0.6 is 0 Å². The first-order valence-electron chi connectivity index (χ1n) is 6.41. The van der Waals surface area contributed by atoms with Crippen molar-refractivity contribution in [3.05, 3.63) is 59.7 Å². The van der Waals surface area contributed by atoms with Gasteiger partial charge < -0.3 is 9.84 Å². The Morgan fingerprint density at radius 2 is 1.43 bits per heavy atom. The first-order valence-corrected chi connectivity index (χ1v) is 6.41. The molecule has 2 amide bonds. The lowest BCUT2D eigenvalue weighted by Crippen LogP contribution is -2.41. The van der Waals surface area contributed by atoms with Gasteiger partial charge in [-0.3, -0.25) is 20.4 Å². The first-order chi connectivity index (χ1) is 11.0. The van der Waals surface area contributed by atoms with Gasteiger partial charge in [0.2, 0.25) is 0 Å². The van der Waals surface area contributed by atoms with Crippen LogP contribution in [-0.2, 0) is 0 Å². The number of phenols is 1. The molecule has 2 aromatic carbocycles. The lowest BCUT2D eigenvalue weighted by atomic mass is 10.2. The van der Waals surface area contributed by atoms with Gasteiger partial charge >= 0.3 is 6.61 Å². The minimum Gasteiger partial charge on any atom is -0.507 e. The fourth-order valence-corrected chi connectivity index (χ4v) is 1.77. The average molecular weight is 322 g/mol. The number of carbonyl (C=O) groups excluding carboxylic acids is 2. The van der Waals surface area contributed by atoms with Crippen molar-refractivity contribution in [2.24, 2.45) is 0 Å². The molecule has 6 nitrogen and oxygen atoms in total. The molecular weight excluding hydrogens is 310 g/mol. The van der Waals surface area contributed by atoms with Crippen molar-refractivity contribution in [1.82, 2.24) is 10.9 Å². The molecule has 0 aliphatic rings. The molecule has 0 spiro atoms. The highest BCUT2D eigenvalue weighted by molar-refractivity contribution is 6.01. The zero-order valence-corrected chi connectivity index (χ0v) is 11.6. The number of para-hydroxylation sites is 2. The van der Waals surface area contributed by atoms with Crippen LogP contribution in [-0.4, -0.2) is 23.5 Å². The van der Waals surface area contributed by atoms with E-state index in [2.05, 4.69) is 15.6 Å². The molecule has 0 fully saturated rings. The number of hydrazine groups is 1. The van der Waals surface area contributed by atoms with Crippen LogP contribution in [0.25, 0.3) is 0 Å². The highest BCUT2D eigenvalue weighted by Crippen LogP contribution is 2.20. The number of ether oxygens (including phenoxy) is 1. The Morgan fingerprint density at radius 1 is 0.913 bits per heavy atom. The highest BCUT2D eigenvalue weighted by atomic mass is 19.3. The molecule has 0 aliphatic carbocycles. The Balaban J connectivity index is 2.06. The standard InChI is InChI=1S/C15H12F2N2O4/c16-15(17)23-12-8-4-2-6-10(12)14(22)19-18-13(21)9-5-1-3-7-11(9)20/h1-8,15,20H,(H,18,21)(H,19,22). The number of phenolic OH excluding ortho intramolecular Hbond substituents is 1. The predicted molar refractivity (Wildman–Crippen MR) is 76.1 cm³/mol. The molecule has 2 rings (SSSR count). The molecule has 0 unspecified atom stereocenters. The summed E-state index contributed by atoms with van der Waals surface area (Å²) in [4.78, 5) is 23.8. The number of hydrogen-bond donors (Lipinski definition) is 3. The van der Waals surface area contributed by atoms with E-state index in [1.807, 2.05) is 0 Å². The number of halogens is 2. The van der Waals surface area contributed by atoms with Crippen molar-refractivity contribution in [1.29, 1.82) is 0 Å². The smallest absolute Gasteiger partial charge is 0.387 e. The molecule has 3 N–H and O–H groups in total. The second-order valence-corrected chi connectivity index (χ2v) is 4.30. The van der Waals surface area contributed by atoms with Gasteiger partial charge in [0.05, 0.1) is 11.1 Å². The maximum absolute atomic E-state index is 12.3. The fraction of sp³-hybridized carbons (Fsp3) is 0.0667. The van der Waals surface area contributed by atoms with Crippen molar-refractivity contribution in [3.63, 3.8) is 0 Å². The molecule has 23 heavy (non-hydrogen) atoms. The van der Waals surface area contributed by atoms with Crippen LogP contribution in [0.1, 0.15) is 20.7 Å². The summed E-state index contributed by atoms with van der Waals surface area (Å²) in [6.07, 6.45) is 0. The normalized spacial score (nSPS) is 10.2. The Labute approximate surface area is 129 Å². The molecule has 0 saturated carbocycles. The third-order valence-corrected chi connectivity index (χ3v) is 2.79. The molecule has 0 saturated heterocycles. The van der Waals surface area contributed by atoms with Crippen LogP contribution in [0.2, 0.25) is 0 Å². The largest absolute Gasteiger partial charge is 0.507 e. The van der Waals surface area contributed by atoms with Crippen LogP contribution in [0.15, 0.2) is 48.5 Å². The minimum absolute atomic E-state index is 0.0510.